The van der Waals surface area contributed by atoms with E-state index in [-0.39, 0.29) is 17.3 Å². The number of imidazole rings is 1. The zero-order valence-corrected chi connectivity index (χ0v) is 20.7. The zero-order chi connectivity index (χ0) is 26.0. The first-order valence-electron chi connectivity index (χ1n) is 11.7. The lowest BCUT2D eigenvalue weighted by atomic mass is 10.1. The van der Waals surface area contributed by atoms with Crippen LogP contribution in [0.1, 0.15) is 71.9 Å². The Kier molecular flexibility index (Phi) is 6.78. The number of nitrogens with zero attached hydrogens (tertiary/aromatic N) is 3. The van der Waals surface area contributed by atoms with E-state index in [4.69, 9.17) is 4.74 Å². The number of ether oxygens (including phenoxy) is 1. The Balaban J connectivity index is 1.56. The highest BCUT2D eigenvalue weighted by atomic mass is 16.6. The molecule has 3 heterocycles. The second-order valence-corrected chi connectivity index (χ2v) is 9.73. The van der Waals surface area contributed by atoms with Gasteiger partial charge in [-0.25, -0.2) is 19.6 Å². The Morgan fingerprint density at radius 1 is 1.14 bits per heavy atom. The summed E-state index contributed by atoms with van der Waals surface area (Å²) in [4.78, 5) is 50.5. The number of benzene rings is 1. The first-order chi connectivity index (χ1) is 17.0. The molecule has 2 amide bonds. The molecule has 10 nitrogen and oxygen atoms in total. The molecule has 3 N–H and O–H groups in total. The predicted molar refractivity (Wildman–Crippen MR) is 133 cm³/mol. The van der Waals surface area contributed by atoms with E-state index < -0.39 is 23.7 Å². The minimum atomic E-state index is -1.17. The maximum atomic E-state index is 12.7. The fourth-order valence-electron chi connectivity index (χ4n) is 4.01. The number of pyridine rings is 1. The maximum absolute atomic E-state index is 12.7. The van der Waals surface area contributed by atoms with Crippen LogP contribution < -0.4 is 5.32 Å². The van der Waals surface area contributed by atoms with Crippen molar-refractivity contribution < 1.29 is 24.2 Å². The Hall–Kier alpha value is -4.21. The number of nitrogens with one attached hydrogen (secondary N) is 2. The number of carboxylic acid groups (broad SMARTS) is 1. The number of aromatic carboxylic acids is 1. The third-order valence-corrected chi connectivity index (χ3v) is 5.71. The molecule has 2 aromatic heterocycles. The van der Waals surface area contributed by atoms with Crippen LogP contribution in [-0.4, -0.2) is 55.1 Å². The molecule has 1 unspecified atom stereocenters. The van der Waals surface area contributed by atoms with Gasteiger partial charge in [0.05, 0.1) is 6.04 Å². The van der Waals surface area contributed by atoms with Gasteiger partial charge in [0, 0.05) is 23.9 Å². The minimum Gasteiger partial charge on any atom is -0.477 e. The van der Waals surface area contributed by atoms with Crippen molar-refractivity contribution in [1.82, 2.24) is 19.9 Å². The summed E-state index contributed by atoms with van der Waals surface area (Å²) in [7, 11) is 0. The highest BCUT2D eigenvalue weighted by molar-refractivity contribution is 6.04. The molecular weight excluding hydrogens is 462 g/mol. The molecule has 0 radical (unpaired) electrons. The van der Waals surface area contributed by atoms with E-state index in [1.165, 1.54) is 0 Å². The molecule has 10 heteroatoms. The summed E-state index contributed by atoms with van der Waals surface area (Å²) in [5.41, 5.74) is 1.41. The molecule has 1 fully saturated rings. The van der Waals surface area contributed by atoms with Crippen LogP contribution in [0.4, 0.5) is 10.6 Å². The zero-order valence-electron chi connectivity index (χ0n) is 20.7. The number of amides is 2. The summed E-state index contributed by atoms with van der Waals surface area (Å²) >= 11 is 0. The highest BCUT2D eigenvalue weighted by Crippen LogP contribution is 2.34. The first kappa shape index (κ1) is 24.9. The van der Waals surface area contributed by atoms with Gasteiger partial charge in [0.1, 0.15) is 22.9 Å². The fourth-order valence-corrected chi connectivity index (χ4v) is 4.01. The van der Waals surface area contributed by atoms with E-state index in [9.17, 15) is 19.5 Å². The lowest BCUT2D eigenvalue weighted by molar-refractivity contribution is 0.0218. The van der Waals surface area contributed by atoms with Crippen LogP contribution in [0, 0.1) is 6.92 Å². The number of carbonyl (C=O) groups is 3. The van der Waals surface area contributed by atoms with Crippen LogP contribution in [0.25, 0.3) is 11.3 Å². The Morgan fingerprint density at radius 3 is 2.47 bits per heavy atom. The molecule has 0 saturated carbocycles. The van der Waals surface area contributed by atoms with Crippen molar-refractivity contribution in [1.29, 1.82) is 0 Å². The molecule has 188 valence electrons. The summed E-state index contributed by atoms with van der Waals surface area (Å²) in [5, 5.41) is 12.5. The van der Waals surface area contributed by atoms with Crippen molar-refractivity contribution >= 4 is 23.8 Å². The number of hydrogen-bond donors (Lipinski definition) is 3. The molecule has 1 aromatic carbocycles. The van der Waals surface area contributed by atoms with Gasteiger partial charge < -0.3 is 20.1 Å². The van der Waals surface area contributed by atoms with Gasteiger partial charge in [0.15, 0.2) is 5.69 Å². The second kappa shape index (κ2) is 9.80. The number of carboxylic acids is 1. The van der Waals surface area contributed by atoms with Crippen molar-refractivity contribution in [3.05, 3.63) is 65.2 Å². The molecule has 36 heavy (non-hydrogen) atoms. The standard InChI is InChI=1S/C26H29N5O5/c1-15-7-12-19(27-14-15)28-23(32)17-10-8-16(9-11-17)20-21(24(33)34)30-22(29-20)18-6-5-13-31(18)25(35)36-26(2,3)4/h7-12,14,18H,5-6,13H2,1-4H3,(H,29,30)(H,33,34)(H,27,28,32). The van der Waals surface area contributed by atoms with Crippen LogP contribution >= 0.6 is 0 Å². The van der Waals surface area contributed by atoms with Gasteiger partial charge in [-0.05, 0) is 64.3 Å². The average Bonchev–Trinajstić information content (AvgIpc) is 3.47. The molecule has 3 aromatic rings. The highest BCUT2D eigenvalue weighted by Gasteiger charge is 2.36. The number of aromatic amines is 1. The molecule has 1 atom stereocenters. The molecule has 1 aliphatic rings. The molecule has 1 aliphatic heterocycles. The van der Waals surface area contributed by atoms with E-state index in [0.29, 0.717) is 35.7 Å². The summed E-state index contributed by atoms with van der Waals surface area (Å²) < 4.78 is 5.51. The number of aromatic nitrogens is 3. The van der Waals surface area contributed by atoms with Gasteiger partial charge in [-0.2, -0.15) is 0 Å². The molecule has 4 rings (SSSR count). The number of hydrogen-bond acceptors (Lipinski definition) is 6. The van der Waals surface area contributed by atoms with Crippen molar-refractivity contribution in [2.75, 3.05) is 11.9 Å². The maximum Gasteiger partial charge on any atom is 0.410 e. The third kappa shape index (κ3) is 5.54. The van der Waals surface area contributed by atoms with E-state index >= 15 is 0 Å². The van der Waals surface area contributed by atoms with Gasteiger partial charge in [-0.3, -0.25) is 9.69 Å². The number of rotatable bonds is 5. The van der Waals surface area contributed by atoms with E-state index in [1.54, 1.807) is 62.2 Å². The smallest absolute Gasteiger partial charge is 0.410 e. The number of anilines is 1. The molecule has 0 bridgehead atoms. The Morgan fingerprint density at radius 2 is 1.86 bits per heavy atom. The lowest BCUT2D eigenvalue weighted by Gasteiger charge is -2.27. The fraction of sp³-hybridized carbons (Fsp3) is 0.346. The number of carbonyl (C=O) groups excluding carboxylic acids is 2. The van der Waals surface area contributed by atoms with Gasteiger partial charge in [0.25, 0.3) is 5.91 Å². The van der Waals surface area contributed by atoms with Gasteiger partial charge in [0.2, 0.25) is 0 Å². The Labute approximate surface area is 208 Å². The quantitative estimate of drug-likeness (QED) is 0.466. The van der Waals surface area contributed by atoms with Crippen molar-refractivity contribution in [2.45, 2.75) is 52.2 Å². The molecule has 0 spiro atoms. The molecule has 1 saturated heterocycles. The molecular formula is C26H29N5O5. The first-order valence-corrected chi connectivity index (χ1v) is 11.7. The SMILES string of the molecule is Cc1ccc(NC(=O)c2ccc(-c3nc(C4CCCN4C(=O)OC(C)(C)C)[nH]c3C(=O)O)cc2)nc1. The largest absolute Gasteiger partial charge is 0.477 e. The van der Waals surface area contributed by atoms with Crippen LogP contribution in [0.5, 0.6) is 0 Å². The van der Waals surface area contributed by atoms with E-state index in [1.807, 2.05) is 13.0 Å². The topological polar surface area (TPSA) is 138 Å². The summed E-state index contributed by atoms with van der Waals surface area (Å²) in [5.74, 6) is -0.681. The van der Waals surface area contributed by atoms with Crippen molar-refractivity contribution in [3.8, 4) is 11.3 Å². The van der Waals surface area contributed by atoms with E-state index in [2.05, 4.69) is 20.3 Å². The monoisotopic (exact) mass is 491 g/mol. The molecule has 0 aliphatic carbocycles. The minimum absolute atomic E-state index is 0.0814. The third-order valence-electron chi connectivity index (χ3n) is 5.71. The summed E-state index contributed by atoms with van der Waals surface area (Å²) in [6.45, 7) is 7.79. The normalized spacial score (nSPS) is 15.6. The van der Waals surface area contributed by atoms with Crippen molar-refractivity contribution in [3.63, 3.8) is 0 Å². The van der Waals surface area contributed by atoms with Gasteiger partial charge >= 0.3 is 12.1 Å². The lowest BCUT2D eigenvalue weighted by Crippen LogP contribution is -2.36. The van der Waals surface area contributed by atoms with Crippen LogP contribution in [0.3, 0.4) is 0 Å². The Bertz CT molecular complexity index is 1280. The number of aryl methyl sites for hydroxylation is 1. The van der Waals surface area contributed by atoms with Crippen LogP contribution in [-0.2, 0) is 4.74 Å². The van der Waals surface area contributed by atoms with Crippen LogP contribution in [0.15, 0.2) is 42.6 Å². The average molecular weight is 492 g/mol. The van der Waals surface area contributed by atoms with Crippen LogP contribution in [0.2, 0.25) is 0 Å². The van der Waals surface area contributed by atoms with Crippen molar-refractivity contribution in [2.24, 2.45) is 0 Å². The predicted octanol–water partition coefficient (Wildman–Crippen LogP) is 4.80. The van der Waals surface area contributed by atoms with Gasteiger partial charge in [-0.15, -0.1) is 0 Å². The number of H-pyrrole nitrogens is 1. The van der Waals surface area contributed by atoms with Gasteiger partial charge in [-0.1, -0.05) is 18.2 Å². The summed E-state index contributed by atoms with van der Waals surface area (Å²) in [6, 6.07) is 9.63. The summed E-state index contributed by atoms with van der Waals surface area (Å²) in [6.07, 6.45) is 2.59. The van der Waals surface area contributed by atoms with E-state index in [0.717, 1.165) is 12.0 Å². The second-order valence-electron chi connectivity index (χ2n) is 9.73. The number of likely N-dealkylation sites (tertiary alicyclic amines) is 1.